The van der Waals surface area contributed by atoms with E-state index in [1.807, 2.05) is 0 Å². The van der Waals surface area contributed by atoms with E-state index >= 15 is 0 Å². The highest BCUT2D eigenvalue weighted by atomic mass is 35.6. The van der Waals surface area contributed by atoms with Crippen LogP contribution in [-0.2, 0) is 18.8 Å². The molecule has 0 fully saturated rings. The molecule has 1 aromatic rings. The highest BCUT2D eigenvalue weighted by Gasteiger charge is 2.22. The number of carbonyl (C=O) groups excluding carboxylic acids is 1. The molecule has 10 heteroatoms. The number of hydrogen-bond donors (Lipinski definition) is 1. The van der Waals surface area contributed by atoms with Crippen LogP contribution in [0, 0.1) is 0 Å². The molecule has 19 heavy (non-hydrogen) atoms. The Morgan fingerprint density at radius 1 is 1.32 bits per heavy atom. The summed E-state index contributed by atoms with van der Waals surface area (Å²) in [6, 6.07) is 1.07. The van der Waals surface area contributed by atoms with E-state index in [1.54, 1.807) is 0 Å². The second-order valence-corrected chi connectivity index (χ2v) is 6.10. The van der Waals surface area contributed by atoms with Crippen LogP contribution in [0.15, 0.2) is 15.7 Å². The van der Waals surface area contributed by atoms with Gasteiger partial charge in [0, 0.05) is 20.2 Å². The molecular weight excluding hydrogens is 320 g/mol. The van der Waals surface area contributed by atoms with Gasteiger partial charge in [0.1, 0.15) is 12.4 Å². The lowest BCUT2D eigenvalue weighted by Gasteiger charge is -2.13. The van der Waals surface area contributed by atoms with Crippen molar-refractivity contribution in [2.75, 3.05) is 11.9 Å². The van der Waals surface area contributed by atoms with Crippen LogP contribution >= 0.6 is 34.8 Å². The lowest BCUT2D eigenvalue weighted by atomic mass is 10.5. The fraction of sp³-hybridized carbons (Fsp3) is 0.444. The van der Waals surface area contributed by atoms with Gasteiger partial charge < -0.3 is 4.74 Å². The Hall–Kier alpha value is -1.18. The van der Waals surface area contributed by atoms with E-state index in [0.29, 0.717) is 0 Å². The van der Waals surface area contributed by atoms with Gasteiger partial charge in [-0.25, -0.2) is 9.59 Å². The fourth-order valence-corrected chi connectivity index (χ4v) is 1.30. The van der Waals surface area contributed by atoms with Crippen molar-refractivity contribution in [1.29, 1.82) is 0 Å². The van der Waals surface area contributed by atoms with E-state index < -0.39 is 27.7 Å². The van der Waals surface area contributed by atoms with Crippen LogP contribution in [0.3, 0.4) is 0 Å². The van der Waals surface area contributed by atoms with Crippen LogP contribution in [0.5, 0.6) is 0 Å². The third-order valence-electron chi connectivity index (χ3n) is 2.12. The summed E-state index contributed by atoms with van der Waals surface area (Å²) in [4.78, 5) is 34.4. The van der Waals surface area contributed by atoms with Crippen molar-refractivity contribution in [3.05, 3.63) is 26.9 Å². The summed E-state index contributed by atoms with van der Waals surface area (Å²) in [5.74, 6) is -0.0255. The predicted molar refractivity (Wildman–Crippen MR) is 72.2 cm³/mol. The number of halogens is 3. The van der Waals surface area contributed by atoms with Gasteiger partial charge in [0.05, 0.1) is 0 Å². The van der Waals surface area contributed by atoms with Gasteiger partial charge in [0.25, 0.3) is 5.56 Å². The molecule has 0 radical (unpaired) electrons. The number of amides is 1. The molecule has 0 aliphatic rings. The number of alkyl halides is 3. The molecule has 0 spiro atoms. The van der Waals surface area contributed by atoms with Gasteiger partial charge in [-0.1, -0.05) is 34.8 Å². The second kappa shape index (κ2) is 5.85. The summed E-state index contributed by atoms with van der Waals surface area (Å²) in [7, 11) is 2.70. The molecule has 0 atom stereocenters. The quantitative estimate of drug-likeness (QED) is 0.820. The van der Waals surface area contributed by atoms with Gasteiger partial charge in [-0.2, -0.15) is 0 Å². The molecule has 1 amide bonds. The Morgan fingerprint density at radius 3 is 2.42 bits per heavy atom. The maximum atomic E-state index is 11.6. The second-order valence-electron chi connectivity index (χ2n) is 3.58. The van der Waals surface area contributed by atoms with Gasteiger partial charge in [0.2, 0.25) is 3.79 Å². The van der Waals surface area contributed by atoms with E-state index in [-0.39, 0.29) is 5.82 Å². The molecule has 7 nitrogen and oxygen atoms in total. The van der Waals surface area contributed by atoms with E-state index in [1.165, 1.54) is 14.1 Å². The number of aromatic nitrogens is 2. The average Bonchev–Trinajstić information content (AvgIpc) is 2.30. The van der Waals surface area contributed by atoms with Crippen LogP contribution in [0.1, 0.15) is 0 Å². The molecule has 1 aromatic heterocycles. The van der Waals surface area contributed by atoms with E-state index in [9.17, 15) is 14.4 Å². The van der Waals surface area contributed by atoms with Gasteiger partial charge in [-0.15, -0.1) is 0 Å². The number of anilines is 1. The fourth-order valence-electron chi connectivity index (χ4n) is 1.14. The molecule has 0 unspecified atom stereocenters. The Balaban J connectivity index is 2.87. The first-order valence-corrected chi connectivity index (χ1v) is 6.03. The van der Waals surface area contributed by atoms with Gasteiger partial charge in [-0.05, 0) is 0 Å². The number of nitrogens with zero attached hydrogens (tertiary/aromatic N) is 2. The van der Waals surface area contributed by atoms with Crippen molar-refractivity contribution in [3.63, 3.8) is 0 Å². The summed E-state index contributed by atoms with van der Waals surface area (Å²) in [5, 5.41) is 2.20. The minimum absolute atomic E-state index is 0.0255. The van der Waals surface area contributed by atoms with E-state index in [2.05, 4.69) is 10.1 Å². The molecule has 1 heterocycles. The topological polar surface area (TPSA) is 82.3 Å². The van der Waals surface area contributed by atoms with Crippen molar-refractivity contribution in [1.82, 2.24) is 9.13 Å². The van der Waals surface area contributed by atoms with Crippen molar-refractivity contribution >= 4 is 46.7 Å². The summed E-state index contributed by atoms with van der Waals surface area (Å²) >= 11 is 16.2. The molecule has 1 rings (SSSR count). The number of carbonyl (C=O) groups is 1. The monoisotopic (exact) mass is 329 g/mol. The lowest BCUT2D eigenvalue weighted by Crippen LogP contribution is -2.38. The molecule has 0 bridgehead atoms. The Labute approximate surface area is 122 Å². The molecular formula is C9H10Cl3N3O4. The first-order chi connectivity index (χ1) is 8.61. The number of nitrogens with one attached hydrogen (secondary N) is 1. The molecule has 0 saturated heterocycles. The molecule has 0 saturated carbocycles. The summed E-state index contributed by atoms with van der Waals surface area (Å²) < 4.78 is 4.82. The zero-order chi connectivity index (χ0) is 14.8. The van der Waals surface area contributed by atoms with Crippen molar-refractivity contribution in [3.8, 4) is 0 Å². The first kappa shape index (κ1) is 15.9. The Kier molecular flexibility index (Phi) is 4.89. The lowest BCUT2D eigenvalue weighted by molar-refractivity contribution is 0.163. The third-order valence-corrected chi connectivity index (χ3v) is 2.45. The summed E-state index contributed by atoms with van der Waals surface area (Å²) in [6.07, 6.45) is -0.949. The van der Waals surface area contributed by atoms with Crippen LogP contribution < -0.4 is 16.6 Å². The molecule has 0 aliphatic heterocycles. The first-order valence-electron chi connectivity index (χ1n) is 4.89. The largest absolute Gasteiger partial charge is 0.445 e. The summed E-state index contributed by atoms with van der Waals surface area (Å²) in [6.45, 7) is -0.470. The smallest absolute Gasteiger partial charge is 0.412 e. The average molecular weight is 331 g/mol. The number of hydrogen-bond acceptors (Lipinski definition) is 4. The van der Waals surface area contributed by atoms with Crippen LogP contribution in [-0.4, -0.2) is 25.6 Å². The molecule has 1 N–H and O–H groups in total. The highest BCUT2D eigenvalue weighted by molar-refractivity contribution is 6.67. The molecule has 0 aliphatic carbocycles. The van der Waals surface area contributed by atoms with Crippen molar-refractivity contribution in [2.45, 2.75) is 3.79 Å². The van der Waals surface area contributed by atoms with Crippen molar-refractivity contribution < 1.29 is 9.53 Å². The zero-order valence-corrected chi connectivity index (χ0v) is 12.2. The van der Waals surface area contributed by atoms with Crippen molar-refractivity contribution in [2.24, 2.45) is 14.1 Å². The third kappa shape index (κ3) is 4.45. The maximum Gasteiger partial charge on any atom is 0.412 e. The van der Waals surface area contributed by atoms with E-state index in [0.717, 1.165) is 15.2 Å². The predicted octanol–water partition coefficient (Wildman–Crippen LogP) is 1.00. The SMILES string of the molecule is Cn1c(NC(=O)OCC(Cl)(Cl)Cl)cc(=O)n(C)c1=O. The Morgan fingerprint density at radius 2 is 1.89 bits per heavy atom. The minimum atomic E-state index is -1.74. The maximum absolute atomic E-state index is 11.6. The standard InChI is InChI=1S/C9H10Cl3N3O4/c1-14-5(3-6(16)15(2)8(14)18)13-7(17)19-4-9(10,11)12/h3H,4H2,1-2H3,(H,13,17). The minimum Gasteiger partial charge on any atom is -0.445 e. The van der Waals surface area contributed by atoms with Gasteiger partial charge >= 0.3 is 11.8 Å². The van der Waals surface area contributed by atoms with Crippen LogP contribution in [0.2, 0.25) is 0 Å². The van der Waals surface area contributed by atoms with Crippen LogP contribution in [0.25, 0.3) is 0 Å². The Bertz CT molecular complexity index is 602. The van der Waals surface area contributed by atoms with E-state index in [4.69, 9.17) is 34.8 Å². The highest BCUT2D eigenvalue weighted by Crippen LogP contribution is 2.25. The van der Waals surface area contributed by atoms with Crippen LogP contribution in [0.4, 0.5) is 10.6 Å². The molecule has 0 aromatic carbocycles. The number of rotatable bonds is 2. The zero-order valence-electron chi connectivity index (χ0n) is 9.95. The van der Waals surface area contributed by atoms with Gasteiger partial charge in [-0.3, -0.25) is 19.2 Å². The summed E-state index contributed by atoms with van der Waals surface area (Å²) in [5.41, 5.74) is -1.16. The molecule has 106 valence electrons. The normalized spacial score (nSPS) is 11.2. The van der Waals surface area contributed by atoms with Gasteiger partial charge in [0.15, 0.2) is 0 Å². The number of ether oxygens (including phenoxy) is 1.